The Balaban J connectivity index is 3.44. The van der Waals surface area contributed by atoms with Crippen molar-refractivity contribution in [1.29, 1.82) is 0 Å². The second-order valence-electron chi connectivity index (χ2n) is 9.41. The van der Waals surface area contributed by atoms with Gasteiger partial charge in [0.1, 0.15) is 0 Å². The lowest BCUT2D eigenvalue weighted by Crippen LogP contribution is -2.76. The van der Waals surface area contributed by atoms with Crippen molar-refractivity contribution < 1.29 is 0 Å². The third-order valence-corrected chi connectivity index (χ3v) is 71.7. The summed E-state index contributed by atoms with van der Waals surface area (Å²) in [5, 5.41) is 0. The maximum absolute atomic E-state index is 2.74. The van der Waals surface area contributed by atoms with E-state index < -0.39 is 21.4 Å². The second kappa shape index (κ2) is 5.65. The van der Waals surface area contributed by atoms with Gasteiger partial charge in [0.05, 0.1) is 6.26 Å². The number of hydrogen-bond acceptors (Lipinski definition) is 0. The van der Waals surface area contributed by atoms with E-state index in [1.165, 1.54) is 24.8 Å². The Morgan fingerprint density at radius 3 is 1.32 bits per heavy atom. The molecule has 0 spiro atoms. The van der Waals surface area contributed by atoms with Crippen LogP contribution in [0, 0.1) is 0 Å². The summed E-state index contributed by atoms with van der Waals surface area (Å²) < 4.78 is 0. The Hall–Kier alpha value is 1.00. The summed E-state index contributed by atoms with van der Waals surface area (Å²) >= 11 is 0. The van der Waals surface area contributed by atoms with Crippen LogP contribution in [0.3, 0.4) is 0 Å². The zero-order valence-electron chi connectivity index (χ0n) is 15.0. The Morgan fingerprint density at radius 1 is 0.684 bits per heavy atom. The molecule has 0 aromatic rings. The quantitative estimate of drug-likeness (QED) is 0.570. The molecule has 4 heteroatoms. The van der Waals surface area contributed by atoms with Crippen molar-refractivity contribution in [1.82, 2.24) is 0 Å². The smallest absolute Gasteiger partial charge is 0.0844 e. The molecule has 0 bridgehead atoms. The van der Waals surface area contributed by atoms with Crippen molar-refractivity contribution in [2.45, 2.75) is 76.9 Å². The van der Waals surface area contributed by atoms with E-state index in [4.69, 9.17) is 0 Å². The van der Waals surface area contributed by atoms with Crippen LogP contribution in [0.15, 0.2) is 0 Å². The molecule has 0 amide bonds. The van der Waals surface area contributed by atoms with Gasteiger partial charge in [-0.2, -0.15) is 0 Å². The molecule has 0 unspecified atom stereocenters. The molecule has 1 rings (SSSR count). The van der Waals surface area contributed by atoms with Gasteiger partial charge < -0.3 is 0 Å². The molecule has 0 aromatic carbocycles. The van der Waals surface area contributed by atoms with Gasteiger partial charge >= 0.3 is 0 Å². The lowest BCUT2D eigenvalue weighted by Gasteiger charge is -2.65. The highest BCUT2D eigenvalue weighted by Crippen LogP contribution is 2.63. The SMILES string of the molecule is C[Si](C)(C)[Si](C1CCCCC1)([Si](C)(C)C)S(C)(C)C. The van der Waals surface area contributed by atoms with Crippen molar-refractivity contribution in [3.8, 4) is 0 Å². The van der Waals surface area contributed by atoms with E-state index in [-0.39, 0.29) is 9.48 Å². The first kappa shape index (κ1) is 18.1. The summed E-state index contributed by atoms with van der Waals surface area (Å²) in [7, 11) is -2.49. The van der Waals surface area contributed by atoms with Gasteiger partial charge in [-0.1, -0.05) is 71.4 Å². The second-order valence-corrected chi connectivity index (χ2v) is 47.4. The average molecular weight is 335 g/mol. The molecular weight excluding hydrogens is 296 g/mol. The van der Waals surface area contributed by atoms with Crippen molar-refractivity contribution in [3.05, 3.63) is 0 Å². The van der Waals surface area contributed by atoms with Crippen molar-refractivity contribution >= 4 is 30.9 Å². The topological polar surface area (TPSA) is 0 Å². The van der Waals surface area contributed by atoms with Crippen LogP contribution in [0.25, 0.3) is 0 Å². The Morgan fingerprint density at radius 2 is 1.05 bits per heavy atom. The van der Waals surface area contributed by atoms with Crippen LogP contribution in [0.4, 0.5) is 0 Å². The fourth-order valence-electron chi connectivity index (χ4n) is 6.20. The number of hydrogen-bond donors (Lipinski definition) is 0. The zero-order chi connectivity index (χ0) is 15.1. The third kappa shape index (κ3) is 3.11. The maximum Gasteiger partial charge on any atom is 0.0844 e. The first-order valence-electron chi connectivity index (χ1n) is 8.03. The highest BCUT2D eigenvalue weighted by Gasteiger charge is 2.62. The molecule has 0 nitrogen and oxygen atoms in total. The van der Waals surface area contributed by atoms with Crippen LogP contribution in [0.2, 0.25) is 44.8 Å². The molecule has 0 aromatic heterocycles. The summed E-state index contributed by atoms with van der Waals surface area (Å²) in [5.74, 6) is 0. The van der Waals surface area contributed by atoms with E-state index in [9.17, 15) is 0 Å². The Bertz CT molecular complexity index is 265. The fourth-order valence-corrected chi connectivity index (χ4v) is 101. The van der Waals surface area contributed by atoms with E-state index in [0.29, 0.717) is 0 Å². The standard InChI is InChI=1S/C15H38SSi3/c1-16(2,3)19(17(4,5)6,18(7,8)9)15-13-11-10-12-14-15/h15H,10-14H2,1-9H3. The monoisotopic (exact) mass is 334 g/mol. The molecule has 19 heavy (non-hydrogen) atoms. The van der Waals surface area contributed by atoms with Gasteiger partial charge in [0.25, 0.3) is 0 Å². The van der Waals surface area contributed by atoms with Crippen LogP contribution >= 0.6 is 9.48 Å². The molecule has 0 heterocycles. The Kier molecular flexibility index (Phi) is 5.37. The molecule has 1 fully saturated rings. The van der Waals surface area contributed by atoms with E-state index in [2.05, 4.69) is 58.0 Å². The minimum atomic E-state index is -1.14. The predicted octanol–water partition coefficient (Wildman–Crippen LogP) is 5.79. The van der Waals surface area contributed by atoms with Crippen LogP contribution in [0.5, 0.6) is 0 Å². The maximum atomic E-state index is 2.74. The molecule has 1 aliphatic rings. The van der Waals surface area contributed by atoms with Gasteiger partial charge in [-0.05, 0) is 24.3 Å². The van der Waals surface area contributed by atoms with Crippen molar-refractivity contribution in [2.75, 3.05) is 18.8 Å². The third-order valence-electron chi connectivity index (χ3n) is 5.37. The summed E-state index contributed by atoms with van der Waals surface area (Å²) in [5.41, 5.74) is 1.18. The first-order chi connectivity index (χ1) is 8.36. The summed E-state index contributed by atoms with van der Waals surface area (Å²) in [6, 6.07) is 0. The lowest BCUT2D eigenvalue weighted by atomic mass is 10.0. The van der Waals surface area contributed by atoms with Crippen LogP contribution in [-0.4, -0.2) is 40.2 Å². The summed E-state index contributed by atoms with van der Waals surface area (Å²) in [6.45, 7) is 16.4. The van der Waals surface area contributed by atoms with Crippen LogP contribution in [0.1, 0.15) is 32.1 Å². The van der Waals surface area contributed by atoms with E-state index in [1.807, 2.05) is 0 Å². The Labute approximate surface area is 126 Å². The molecule has 0 N–H and O–H groups in total. The molecule has 116 valence electrons. The highest BCUT2D eigenvalue weighted by molar-refractivity contribution is 8.64. The molecule has 0 aliphatic heterocycles. The predicted molar refractivity (Wildman–Crippen MR) is 105 cm³/mol. The minimum Gasteiger partial charge on any atom is -0.265 e. The normalized spacial score (nSPS) is 21.5. The lowest BCUT2D eigenvalue weighted by molar-refractivity contribution is 0.499. The van der Waals surface area contributed by atoms with Gasteiger partial charge in [-0.3, -0.25) is 9.48 Å². The molecule has 0 atom stereocenters. The zero-order valence-corrected chi connectivity index (χ0v) is 18.8. The van der Waals surface area contributed by atoms with Crippen molar-refractivity contribution in [2.24, 2.45) is 0 Å². The molecule has 1 aliphatic carbocycles. The van der Waals surface area contributed by atoms with Crippen LogP contribution in [-0.2, 0) is 0 Å². The summed E-state index contributed by atoms with van der Waals surface area (Å²) in [6.07, 6.45) is 14.7. The van der Waals surface area contributed by atoms with Gasteiger partial charge in [-0.15, -0.1) is 0 Å². The van der Waals surface area contributed by atoms with Gasteiger partial charge in [0, 0.05) is 15.2 Å². The van der Waals surface area contributed by atoms with Gasteiger partial charge in [0.2, 0.25) is 0 Å². The fraction of sp³-hybridized carbons (Fsp3) is 1.00. The molecule has 1 saturated carbocycles. The van der Waals surface area contributed by atoms with Gasteiger partial charge in [0.15, 0.2) is 0 Å². The van der Waals surface area contributed by atoms with Crippen molar-refractivity contribution in [3.63, 3.8) is 0 Å². The minimum absolute atomic E-state index is 0.379. The van der Waals surface area contributed by atoms with E-state index in [1.54, 1.807) is 12.8 Å². The summed E-state index contributed by atoms with van der Waals surface area (Å²) in [4.78, 5) is 0. The molecule has 0 radical (unpaired) electrons. The van der Waals surface area contributed by atoms with Crippen LogP contribution < -0.4 is 0 Å². The first-order valence-corrected chi connectivity index (χ1v) is 22.7. The molecule has 0 saturated heterocycles. The van der Waals surface area contributed by atoms with Gasteiger partial charge in [-0.25, -0.2) is 0 Å². The average Bonchev–Trinajstić information content (AvgIpc) is 2.12. The largest absolute Gasteiger partial charge is 0.265 e. The number of rotatable bonds is 4. The molecular formula is C15H38SSi3. The van der Waals surface area contributed by atoms with E-state index in [0.717, 1.165) is 0 Å². The highest BCUT2D eigenvalue weighted by atomic mass is 32.5. The van der Waals surface area contributed by atoms with E-state index >= 15 is 0 Å².